The summed E-state index contributed by atoms with van der Waals surface area (Å²) in [5.41, 5.74) is 7.93. The van der Waals surface area contributed by atoms with Crippen LogP contribution in [-0.2, 0) is 30.3 Å². The molecule has 6 N–H and O–H groups in total. The fraction of sp³-hybridized carbons (Fsp3) is 0.419. The Hall–Kier alpha value is -4.38. The van der Waals surface area contributed by atoms with E-state index in [4.69, 9.17) is 15.2 Å². The number of fused-ring (bicyclic) bond motifs is 1. The van der Waals surface area contributed by atoms with Crippen molar-refractivity contribution in [3.63, 3.8) is 0 Å². The van der Waals surface area contributed by atoms with Crippen molar-refractivity contribution in [2.45, 2.75) is 70.2 Å². The average Bonchev–Trinajstić information content (AvgIpc) is 3.37. The zero-order valence-corrected chi connectivity index (χ0v) is 24.6. The summed E-state index contributed by atoms with van der Waals surface area (Å²) in [5, 5.41) is 9.13. The third-order valence-corrected chi connectivity index (χ3v) is 6.56. The molecule has 0 fully saturated rings. The molecule has 3 amide bonds. The molecule has 0 saturated heterocycles. The minimum absolute atomic E-state index is 0.163. The van der Waals surface area contributed by atoms with E-state index in [-0.39, 0.29) is 12.8 Å². The number of hydrogen-bond acceptors (Lipinski definition) is 7. The Bertz CT molecular complexity index is 1350. The first-order valence-electron chi connectivity index (χ1n) is 14.0. The number of H-pyrrole nitrogens is 1. The van der Waals surface area contributed by atoms with Crippen LogP contribution in [0.15, 0.2) is 60.8 Å². The summed E-state index contributed by atoms with van der Waals surface area (Å²) >= 11 is 0. The molecular weight excluding hydrogens is 538 g/mol. The molecule has 3 aromatic rings. The number of methoxy groups -OCH3 is 1. The maximum Gasteiger partial charge on any atom is 0.407 e. The van der Waals surface area contributed by atoms with E-state index in [0.29, 0.717) is 24.9 Å². The predicted octanol–water partition coefficient (Wildman–Crippen LogP) is 3.25. The lowest BCUT2D eigenvalue weighted by Crippen LogP contribution is -2.54. The molecule has 0 aliphatic rings. The summed E-state index contributed by atoms with van der Waals surface area (Å²) in [6.07, 6.45) is 2.76. The van der Waals surface area contributed by atoms with Crippen molar-refractivity contribution in [3.05, 3.63) is 71.9 Å². The van der Waals surface area contributed by atoms with Crippen LogP contribution in [0.1, 0.15) is 57.2 Å². The number of nitrogens with one attached hydrogen (secondary N) is 4. The van der Waals surface area contributed by atoms with Crippen molar-refractivity contribution >= 4 is 34.8 Å². The highest BCUT2D eigenvalue weighted by atomic mass is 16.6. The second-order valence-corrected chi connectivity index (χ2v) is 11.0. The minimum atomic E-state index is -1.02. The molecule has 3 atom stereocenters. The van der Waals surface area contributed by atoms with Crippen molar-refractivity contribution in [2.24, 2.45) is 5.73 Å². The second-order valence-electron chi connectivity index (χ2n) is 11.0. The number of carbonyl (C=O) groups excluding carboxylic acids is 4. The van der Waals surface area contributed by atoms with Gasteiger partial charge in [0, 0.05) is 30.1 Å². The van der Waals surface area contributed by atoms with Crippen LogP contribution in [0.5, 0.6) is 0 Å². The molecule has 226 valence electrons. The fourth-order valence-corrected chi connectivity index (χ4v) is 4.44. The Morgan fingerprint density at radius 3 is 2.26 bits per heavy atom. The van der Waals surface area contributed by atoms with Crippen LogP contribution in [0.25, 0.3) is 10.9 Å². The van der Waals surface area contributed by atoms with Gasteiger partial charge in [0.15, 0.2) is 0 Å². The van der Waals surface area contributed by atoms with Gasteiger partial charge in [-0.3, -0.25) is 9.59 Å². The van der Waals surface area contributed by atoms with E-state index in [2.05, 4.69) is 20.9 Å². The van der Waals surface area contributed by atoms with E-state index in [1.165, 1.54) is 7.11 Å². The van der Waals surface area contributed by atoms with Crippen LogP contribution in [0.3, 0.4) is 0 Å². The highest BCUT2D eigenvalue weighted by Crippen LogP contribution is 2.20. The smallest absolute Gasteiger partial charge is 0.407 e. The van der Waals surface area contributed by atoms with Crippen molar-refractivity contribution in [3.8, 4) is 0 Å². The van der Waals surface area contributed by atoms with Crippen LogP contribution < -0.4 is 21.7 Å². The number of aromatic nitrogens is 1. The number of hydrogen-bond donors (Lipinski definition) is 5. The van der Waals surface area contributed by atoms with Gasteiger partial charge in [-0.15, -0.1) is 0 Å². The number of esters is 1. The van der Waals surface area contributed by atoms with Gasteiger partial charge in [0.2, 0.25) is 11.8 Å². The average molecular weight is 580 g/mol. The first-order chi connectivity index (χ1) is 20.0. The number of alkyl carbamates (subject to hydrolysis) is 1. The van der Waals surface area contributed by atoms with E-state index in [1.807, 2.05) is 30.3 Å². The Balaban J connectivity index is 1.69. The van der Waals surface area contributed by atoms with Gasteiger partial charge in [0.05, 0.1) is 7.11 Å². The van der Waals surface area contributed by atoms with Crippen molar-refractivity contribution < 1.29 is 28.7 Å². The van der Waals surface area contributed by atoms with Gasteiger partial charge >= 0.3 is 12.1 Å². The maximum absolute atomic E-state index is 13.6. The molecule has 0 unspecified atom stereocenters. The predicted molar refractivity (Wildman–Crippen MR) is 159 cm³/mol. The molecule has 0 saturated carbocycles. The summed E-state index contributed by atoms with van der Waals surface area (Å²) in [4.78, 5) is 54.3. The second kappa shape index (κ2) is 15.0. The summed E-state index contributed by atoms with van der Waals surface area (Å²) in [6.45, 7) is 5.67. The number of rotatable bonds is 13. The third kappa shape index (κ3) is 9.62. The zero-order valence-electron chi connectivity index (χ0n) is 24.6. The van der Waals surface area contributed by atoms with E-state index in [0.717, 1.165) is 16.5 Å². The zero-order chi connectivity index (χ0) is 30.7. The molecule has 0 spiro atoms. The first kappa shape index (κ1) is 32.1. The summed E-state index contributed by atoms with van der Waals surface area (Å²) < 4.78 is 10.1. The van der Waals surface area contributed by atoms with Gasteiger partial charge in [0.1, 0.15) is 23.7 Å². The minimum Gasteiger partial charge on any atom is -0.467 e. The monoisotopic (exact) mass is 579 g/mol. The number of amides is 3. The van der Waals surface area contributed by atoms with Crippen LogP contribution >= 0.6 is 0 Å². The van der Waals surface area contributed by atoms with Crippen LogP contribution in [0.2, 0.25) is 0 Å². The van der Waals surface area contributed by atoms with Crippen LogP contribution in [0.4, 0.5) is 4.79 Å². The Morgan fingerprint density at radius 2 is 1.57 bits per heavy atom. The number of unbranched alkanes of at least 4 members (excludes halogenated alkanes) is 1. The normalized spacial score (nSPS) is 13.5. The Labute approximate surface area is 245 Å². The molecule has 11 heteroatoms. The molecule has 1 heterocycles. The molecule has 2 aromatic carbocycles. The first-order valence-corrected chi connectivity index (χ1v) is 14.0. The van der Waals surface area contributed by atoms with Gasteiger partial charge < -0.3 is 36.1 Å². The van der Waals surface area contributed by atoms with E-state index in [9.17, 15) is 19.2 Å². The van der Waals surface area contributed by atoms with Crippen molar-refractivity contribution in [2.75, 3.05) is 13.7 Å². The number of carbonyl (C=O) groups is 4. The number of ether oxygens (including phenoxy) is 2. The largest absolute Gasteiger partial charge is 0.467 e. The maximum atomic E-state index is 13.6. The van der Waals surface area contributed by atoms with Gasteiger partial charge in [0.25, 0.3) is 0 Å². The van der Waals surface area contributed by atoms with E-state index < -0.39 is 47.6 Å². The van der Waals surface area contributed by atoms with Gasteiger partial charge in [-0.25, -0.2) is 9.59 Å². The molecule has 42 heavy (non-hydrogen) atoms. The Kier molecular flexibility index (Phi) is 11.5. The lowest BCUT2D eigenvalue weighted by Gasteiger charge is -2.24. The highest BCUT2D eigenvalue weighted by Gasteiger charge is 2.29. The standard InChI is InChI=1S/C31H41N5O6/c1-31(2,3)42-30(40)33-17-11-10-16-24(29(39)41-4)35-27(37)25(18-21-19-34-23-15-9-8-14-22(21)23)36-28(38)26(32)20-12-6-5-7-13-20/h5-9,12-15,19,24-26,34H,10-11,16-18,32H2,1-4H3,(H,33,40)(H,35,37)(H,36,38)/t24-,25-,26+/m1/s1. The molecule has 0 radical (unpaired) electrons. The van der Waals surface area contributed by atoms with Gasteiger partial charge in [-0.05, 0) is 57.2 Å². The summed E-state index contributed by atoms with van der Waals surface area (Å²) in [6, 6.07) is 13.5. The number of benzene rings is 2. The number of aromatic amines is 1. The van der Waals surface area contributed by atoms with E-state index >= 15 is 0 Å². The molecule has 1 aromatic heterocycles. The highest BCUT2D eigenvalue weighted by molar-refractivity contribution is 5.93. The molecule has 0 aliphatic heterocycles. The van der Waals surface area contributed by atoms with Gasteiger partial charge in [-0.2, -0.15) is 0 Å². The molecule has 0 bridgehead atoms. The van der Waals surface area contributed by atoms with E-state index in [1.54, 1.807) is 51.2 Å². The lowest BCUT2D eigenvalue weighted by atomic mass is 10.0. The third-order valence-electron chi connectivity index (χ3n) is 6.56. The lowest BCUT2D eigenvalue weighted by molar-refractivity contribution is -0.145. The molecule has 0 aliphatic carbocycles. The van der Waals surface area contributed by atoms with Crippen LogP contribution in [0, 0.1) is 0 Å². The SMILES string of the molecule is COC(=O)[C@@H](CCCCNC(=O)OC(C)(C)C)NC(=O)[C@@H](Cc1c[nH]c2ccccc12)NC(=O)[C@@H](N)c1ccccc1. The summed E-state index contributed by atoms with van der Waals surface area (Å²) in [7, 11) is 1.25. The van der Waals surface area contributed by atoms with Crippen molar-refractivity contribution in [1.29, 1.82) is 0 Å². The number of para-hydroxylation sites is 1. The van der Waals surface area contributed by atoms with Crippen molar-refractivity contribution in [1.82, 2.24) is 20.9 Å². The summed E-state index contributed by atoms with van der Waals surface area (Å²) in [5.74, 6) is -1.68. The Morgan fingerprint density at radius 1 is 0.905 bits per heavy atom. The molecule has 3 rings (SSSR count). The fourth-order valence-electron chi connectivity index (χ4n) is 4.44. The van der Waals surface area contributed by atoms with Gasteiger partial charge in [-0.1, -0.05) is 48.5 Å². The van der Waals surface area contributed by atoms with Crippen LogP contribution in [-0.4, -0.2) is 60.2 Å². The molecular formula is C31H41N5O6. The topological polar surface area (TPSA) is 165 Å². The molecule has 11 nitrogen and oxygen atoms in total. The quantitative estimate of drug-likeness (QED) is 0.153. The number of nitrogens with two attached hydrogens (primary N) is 1.